The fraction of sp³-hybridized carbons (Fsp3) is 0.571. The van der Waals surface area contributed by atoms with Crippen LogP contribution in [0, 0.1) is 0 Å². The summed E-state index contributed by atoms with van der Waals surface area (Å²) < 4.78 is 0. The van der Waals surface area contributed by atoms with E-state index >= 15 is 0 Å². The summed E-state index contributed by atoms with van der Waals surface area (Å²) in [6, 6.07) is 0. The first-order valence-corrected chi connectivity index (χ1v) is 4.61. The van der Waals surface area contributed by atoms with Crippen molar-refractivity contribution in [2.45, 2.75) is 6.92 Å². The molecule has 1 aromatic rings. The molecule has 0 radical (unpaired) electrons. The Morgan fingerprint density at radius 2 is 2.55 bits per heavy atom. The Morgan fingerprint density at radius 3 is 3.00 bits per heavy atom. The highest BCUT2D eigenvalue weighted by Gasteiger charge is 2.03. The van der Waals surface area contributed by atoms with Crippen molar-refractivity contribution >= 4 is 16.5 Å². The van der Waals surface area contributed by atoms with Gasteiger partial charge in [0.15, 0.2) is 5.13 Å². The second-order valence-corrected chi connectivity index (χ2v) is 3.06. The smallest absolute Gasteiger partial charge is 0.185 e. The molecule has 11 heavy (non-hydrogen) atoms. The second-order valence-electron chi connectivity index (χ2n) is 2.18. The number of nitrogens with two attached hydrogens (primary N) is 1. The van der Waals surface area contributed by atoms with Gasteiger partial charge in [-0.05, 0) is 6.92 Å². The molecule has 0 atom stereocenters. The summed E-state index contributed by atoms with van der Waals surface area (Å²) in [6.45, 7) is 4.67. The molecule has 1 heterocycles. The van der Waals surface area contributed by atoms with E-state index in [2.05, 4.69) is 16.8 Å². The van der Waals surface area contributed by atoms with Crippen LogP contribution in [0.2, 0.25) is 0 Å². The van der Waals surface area contributed by atoms with Crippen LogP contribution in [0.1, 0.15) is 6.92 Å². The normalized spacial score (nSPS) is 10.0. The minimum atomic E-state index is 0.688. The van der Waals surface area contributed by atoms with Gasteiger partial charge >= 0.3 is 0 Å². The van der Waals surface area contributed by atoms with E-state index in [0.29, 0.717) is 6.54 Å². The standard InChI is InChI=1S/C7H13N3S/c1-2-10(5-3-8)7-9-4-6-11-7/h4,6H,2-3,5,8H2,1H3. The quantitative estimate of drug-likeness (QED) is 0.732. The third kappa shape index (κ3) is 2.17. The van der Waals surface area contributed by atoms with Crippen molar-refractivity contribution in [1.29, 1.82) is 0 Å². The summed E-state index contributed by atoms with van der Waals surface area (Å²) in [5, 5.41) is 3.05. The zero-order valence-electron chi connectivity index (χ0n) is 6.66. The fourth-order valence-electron chi connectivity index (χ4n) is 0.917. The third-order valence-corrected chi connectivity index (χ3v) is 2.30. The molecule has 0 aliphatic carbocycles. The van der Waals surface area contributed by atoms with E-state index in [4.69, 9.17) is 5.73 Å². The number of aromatic nitrogens is 1. The molecule has 1 aromatic heterocycles. The minimum absolute atomic E-state index is 0.688. The third-order valence-electron chi connectivity index (χ3n) is 1.47. The predicted octanol–water partition coefficient (Wildman–Crippen LogP) is 0.928. The van der Waals surface area contributed by atoms with Crippen molar-refractivity contribution in [3.63, 3.8) is 0 Å². The predicted molar refractivity (Wildman–Crippen MR) is 49.1 cm³/mol. The lowest BCUT2D eigenvalue weighted by atomic mass is 10.5. The highest BCUT2D eigenvalue weighted by atomic mass is 32.1. The topological polar surface area (TPSA) is 42.1 Å². The van der Waals surface area contributed by atoms with Gasteiger partial charge in [-0.2, -0.15) is 0 Å². The average molecular weight is 171 g/mol. The number of likely N-dealkylation sites (N-methyl/N-ethyl adjacent to an activating group) is 1. The number of rotatable bonds is 4. The highest BCUT2D eigenvalue weighted by Crippen LogP contribution is 2.15. The van der Waals surface area contributed by atoms with Crippen LogP contribution in [0.15, 0.2) is 11.6 Å². The Morgan fingerprint density at radius 1 is 1.73 bits per heavy atom. The van der Waals surface area contributed by atoms with Gasteiger partial charge in [-0.25, -0.2) is 4.98 Å². The van der Waals surface area contributed by atoms with Crippen LogP contribution >= 0.6 is 11.3 Å². The van der Waals surface area contributed by atoms with Crippen molar-refractivity contribution in [3.8, 4) is 0 Å². The van der Waals surface area contributed by atoms with Gasteiger partial charge in [-0.1, -0.05) is 0 Å². The molecular weight excluding hydrogens is 158 g/mol. The summed E-state index contributed by atoms with van der Waals surface area (Å²) in [5.41, 5.74) is 5.45. The Bertz CT molecular complexity index is 186. The first kappa shape index (κ1) is 8.49. The molecule has 0 aliphatic rings. The van der Waals surface area contributed by atoms with E-state index in [9.17, 15) is 0 Å². The lowest BCUT2D eigenvalue weighted by molar-refractivity contribution is 0.812. The SMILES string of the molecule is CCN(CCN)c1nccs1. The van der Waals surface area contributed by atoms with E-state index in [1.807, 2.05) is 11.6 Å². The van der Waals surface area contributed by atoms with E-state index in [0.717, 1.165) is 18.2 Å². The van der Waals surface area contributed by atoms with Gasteiger partial charge in [-0.3, -0.25) is 0 Å². The van der Waals surface area contributed by atoms with Crippen molar-refractivity contribution in [3.05, 3.63) is 11.6 Å². The van der Waals surface area contributed by atoms with E-state index in [1.165, 1.54) is 0 Å². The Kier molecular flexibility index (Phi) is 3.32. The van der Waals surface area contributed by atoms with Crippen LogP contribution in [0.4, 0.5) is 5.13 Å². The van der Waals surface area contributed by atoms with Gasteiger partial charge in [-0.15, -0.1) is 11.3 Å². The van der Waals surface area contributed by atoms with Gasteiger partial charge in [0.1, 0.15) is 0 Å². The van der Waals surface area contributed by atoms with Crippen molar-refractivity contribution in [2.24, 2.45) is 5.73 Å². The maximum absolute atomic E-state index is 5.45. The average Bonchev–Trinajstić information content (AvgIpc) is 2.52. The van der Waals surface area contributed by atoms with Gasteiger partial charge < -0.3 is 10.6 Å². The first-order valence-electron chi connectivity index (χ1n) is 3.73. The van der Waals surface area contributed by atoms with Gasteiger partial charge in [0.25, 0.3) is 0 Å². The second kappa shape index (κ2) is 4.31. The molecule has 0 amide bonds. The molecule has 0 unspecified atom stereocenters. The molecule has 62 valence electrons. The number of hydrogen-bond acceptors (Lipinski definition) is 4. The molecule has 0 aliphatic heterocycles. The maximum atomic E-state index is 5.45. The molecule has 0 aromatic carbocycles. The fourth-order valence-corrected chi connectivity index (χ4v) is 1.65. The highest BCUT2D eigenvalue weighted by molar-refractivity contribution is 7.13. The summed E-state index contributed by atoms with van der Waals surface area (Å²) in [6.07, 6.45) is 1.82. The summed E-state index contributed by atoms with van der Waals surface area (Å²) in [5.74, 6) is 0. The molecule has 0 saturated carbocycles. The van der Waals surface area contributed by atoms with Gasteiger partial charge in [0.2, 0.25) is 0 Å². The molecule has 2 N–H and O–H groups in total. The van der Waals surface area contributed by atoms with E-state index < -0.39 is 0 Å². The van der Waals surface area contributed by atoms with Crippen LogP contribution in [-0.4, -0.2) is 24.6 Å². The van der Waals surface area contributed by atoms with E-state index in [1.54, 1.807) is 11.3 Å². The molecular formula is C7H13N3S. The van der Waals surface area contributed by atoms with Crippen LogP contribution in [-0.2, 0) is 0 Å². The van der Waals surface area contributed by atoms with Crippen molar-refractivity contribution in [2.75, 3.05) is 24.5 Å². The van der Waals surface area contributed by atoms with Gasteiger partial charge in [0, 0.05) is 31.2 Å². The number of anilines is 1. The van der Waals surface area contributed by atoms with Crippen molar-refractivity contribution in [1.82, 2.24) is 4.98 Å². The number of thiazole rings is 1. The number of nitrogens with zero attached hydrogens (tertiary/aromatic N) is 2. The summed E-state index contributed by atoms with van der Waals surface area (Å²) >= 11 is 1.65. The van der Waals surface area contributed by atoms with Crippen LogP contribution in [0.3, 0.4) is 0 Å². The van der Waals surface area contributed by atoms with Crippen LogP contribution in [0.25, 0.3) is 0 Å². The Labute approximate surface area is 70.9 Å². The Hall–Kier alpha value is -0.610. The maximum Gasteiger partial charge on any atom is 0.185 e. The molecule has 0 fully saturated rings. The molecule has 4 heteroatoms. The minimum Gasteiger partial charge on any atom is -0.347 e. The number of hydrogen-bond donors (Lipinski definition) is 1. The first-order chi connectivity index (χ1) is 5.38. The lowest BCUT2D eigenvalue weighted by Crippen LogP contribution is -2.28. The molecule has 0 bridgehead atoms. The van der Waals surface area contributed by atoms with Crippen molar-refractivity contribution < 1.29 is 0 Å². The van der Waals surface area contributed by atoms with E-state index in [-0.39, 0.29) is 0 Å². The Balaban J connectivity index is 2.56. The molecule has 1 rings (SSSR count). The largest absolute Gasteiger partial charge is 0.347 e. The zero-order valence-corrected chi connectivity index (χ0v) is 7.47. The van der Waals surface area contributed by atoms with Crippen LogP contribution in [0.5, 0.6) is 0 Å². The summed E-state index contributed by atoms with van der Waals surface area (Å²) in [4.78, 5) is 6.37. The molecule has 3 nitrogen and oxygen atoms in total. The lowest BCUT2D eigenvalue weighted by Gasteiger charge is -2.17. The van der Waals surface area contributed by atoms with Gasteiger partial charge in [0.05, 0.1) is 0 Å². The van der Waals surface area contributed by atoms with Crippen LogP contribution < -0.4 is 10.6 Å². The molecule has 0 saturated heterocycles. The molecule has 0 spiro atoms. The monoisotopic (exact) mass is 171 g/mol. The summed E-state index contributed by atoms with van der Waals surface area (Å²) in [7, 11) is 0. The zero-order chi connectivity index (χ0) is 8.10.